The Kier molecular flexibility index (Phi) is 6.79. The van der Waals surface area contributed by atoms with Gasteiger partial charge in [-0.05, 0) is 37.8 Å². The highest BCUT2D eigenvalue weighted by molar-refractivity contribution is 5.74. The molecule has 0 fully saturated rings. The summed E-state index contributed by atoms with van der Waals surface area (Å²) in [4.78, 5) is 15.5. The zero-order valence-corrected chi connectivity index (χ0v) is 10.7. The minimum atomic E-state index is -0.163. The summed E-state index contributed by atoms with van der Waals surface area (Å²) in [6.45, 7) is 2.68. The Hall–Kier alpha value is -1.62. The maximum atomic E-state index is 11.5. The van der Waals surface area contributed by atoms with E-state index >= 15 is 0 Å². The van der Waals surface area contributed by atoms with E-state index in [-0.39, 0.29) is 18.7 Å². The summed E-state index contributed by atoms with van der Waals surface area (Å²) in [6, 6.07) is 3.78. The molecule has 0 saturated heterocycles. The van der Waals surface area contributed by atoms with E-state index in [2.05, 4.69) is 15.6 Å². The van der Waals surface area contributed by atoms with Crippen LogP contribution in [0.2, 0.25) is 0 Å². The largest absolute Gasteiger partial charge is 0.396 e. The number of aliphatic hydroxyl groups is 1. The minimum absolute atomic E-state index is 0.0792. The van der Waals surface area contributed by atoms with Gasteiger partial charge >= 0.3 is 6.03 Å². The Morgan fingerprint density at radius 3 is 3.06 bits per heavy atom. The van der Waals surface area contributed by atoms with Crippen molar-refractivity contribution in [1.29, 1.82) is 0 Å². The number of aliphatic hydroxyl groups excluding tert-OH is 1. The number of amides is 2. The molecule has 0 unspecified atom stereocenters. The van der Waals surface area contributed by atoms with E-state index in [0.717, 1.165) is 18.4 Å². The van der Waals surface area contributed by atoms with Crippen molar-refractivity contribution in [2.24, 2.45) is 0 Å². The molecule has 0 aliphatic rings. The molecule has 1 aromatic rings. The Bertz CT molecular complexity index is 343. The SMILES string of the molecule is C[C@H](CCCO)NC(=O)NCCc1cccnc1. The monoisotopic (exact) mass is 251 g/mol. The average Bonchev–Trinajstić information content (AvgIpc) is 2.37. The summed E-state index contributed by atoms with van der Waals surface area (Å²) < 4.78 is 0. The number of rotatable bonds is 7. The number of nitrogens with one attached hydrogen (secondary N) is 2. The van der Waals surface area contributed by atoms with Crippen LogP contribution >= 0.6 is 0 Å². The zero-order valence-electron chi connectivity index (χ0n) is 10.7. The fourth-order valence-electron chi connectivity index (χ4n) is 1.61. The van der Waals surface area contributed by atoms with Gasteiger partial charge in [0.05, 0.1) is 0 Å². The molecule has 1 rings (SSSR count). The standard InChI is InChI=1S/C13H21N3O2/c1-11(4-3-9-17)16-13(18)15-8-6-12-5-2-7-14-10-12/h2,5,7,10-11,17H,3-4,6,8-9H2,1H3,(H2,15,16,18)/t11-/m1/s1. The predicted molar refractivity (Wildman–Crippen MR) is 70.3 cm³/mol. The van der Waals surface area contributed by atoms with E-state index < -0.39 is 0 Å². The van der Waals surface area contributed by atoms with Crippen molar-refractivity contribution in [3.8, 4) is 0 Å². The molecule has 0 spiro atoms. The van der Waals surface area contributed by atoms with Gasteiger partial charge in [-0.15, -0.1) is 0 Å². The van der Waals surface area contributed by atoms with Crippen LogP contribution in [-0.2, 0) is 6.42 Å². The van der Waals surface area contributed by atoms with Crippen LogP contribution in [0.25, 0.3) is 0 Å². The summed E-state index contributed by atoms with van der Waals surface area (Å²) >= 11 is 0. The molecule has 0 bridgehead atoms. The number of hydrogen-bond acceptors (Lipinski definition) is 3. The smallest absolute Gasteiger partial charge is 0.315 e. The van der Waals surface area contributed by atoms with Crippen LogP contribution in [0.1, 0.15) is 25.3 Å². The second kappa shape index (κ2) is 8.47. The Labute approximate surface area is 108 Å². The molecule has 0 aliphatic carbocycles. The van der Waals surface area contributed by atoms with Crippen LogP contribution in [0, 0.1) is 0 Å². The van der Waals surface area contributed by atoms with Gasteiger partial charge in [0.15, 0.2) is 0 Å². The van der Waals surface area contributed by atoms with E-state index in [1.807, 2.05) is 19.1 Å². The highest BCUT2D eigenvalue weighted by Gasteiger charge is 2.05. The van der Waals surface area contributed by atoms with Gasteiger partial charge in [0.1, 0.15) is 0 Å². The van der Waals surface area contributed by atoms with E-state index in [9.17, 15) is 4.79 Å². The fraction of sp³-hybridized carbons (Fsp3) is 0.538. The van der Waals surface area contributed by atoms with E-state index in [1.54, 1.807) is 12.4 Å². The highest BCUT2D eigenvalue weighted by Crippen LogP contribution is 1.96. The van der Waals surface area contributed by atoms with Gasteiger partial charge in [-0.25, -0.2) is 4.79 Å². The van der Waals surface area contributed by atoms with Gasteiger partial charge < -0.3 is 15.7 Å². The molecule has 1 heterocycles. The number of pyridine rings is 1. The van der Waals surface area contributed by atoms with Crippen molar-refractivity contribution in [2.75, 3.05) is 13.2 Å². The topological polar surface area (TPSA) is 74.2 Å². The molecule has 5 heteroatoms. The molecule has 18 heavy (non-hydrogen) atoms. The first-order valence-electron chi connectivity index (χ1n) is 6.26. The molecule has 1 aromatic heterocycles. The quantitative estimate of drug-likeness (QED) is 0.679. The van der Waals surface area contributed by atoms with Gasteiger partial charge in [-0.2, -0.15) is 0 Å². The zero-order chi connectivity index (χ0) is 13.2. The van der Waals surface area contributed by atoms with Crippen LogP contribution in [0.5, 0.6) is 0 Å². The van der Waals surface area contributed by atoms with Crippen LogP contribution in [-0.4, -0.2) is 35.3 Å². The molecular weight excluding hydrogens is 230 g/mol. The summed E-state index contributed by atoms with van der Waals surface area (Å²) in [5.74, 6) is 0. The predicted octanol–water partition coefficient (Wildman–Crippen LogP) is 1.08. The van der Waals surface area contributed by atoms with Gasteiger partial charge in [-0.1, -0.05) is 6.07 Å². The lowest BCUT2D eigenvalue weighted by Crippen LogP contribution is -2.41. The third-order valence-electron chi connectivity index (χ3n) is 2.59. The summed E-state index contributed by atoms with van der Waals surface area (Å²) in [7, 11) is 0. The van der Waals surface area contributed by atoms with Crippen molar-refractivity contribution in [1.82, 2.24) is 15.6 Å². The highest BCUT2D eigenvalue weighted by atomic mass is 16.3. The summed E-state index contributed by atoms with van der Waals surface area (Å²) in [5, 5.41) is 14.3. The van der Waals surface area contributed by atoms with Crippen molar-refractivity contribution in [3.05, 3.63) is 30.1 Å². The molecular formula is C13H21N3O2. The second-order valence-corrected chi connectivity index (χ2v) is 4.28. The average molecular weight is 251 g/mol. The lowest BCUT2D eigenvalue weighted by atomic mass is 10.2. The van der Waals surface area contributed by atoms with Crippen molar-refractivity contribution in [3.63, 3.8) is 0 Å². The van der Waals surface area contributed by atoms with Crippen LogP contribution < -0.4 is 10.6 Å². The molecule has 3 N–H and O–H groups in total. The second-order valence-electron chi connectivity index (χ2n) is 4.28. The van der Waals surface area contributed by atoms with Crippen LogP contribution in [0.4, 0.5) is 4.79 Å². The first kappa shape index (κ1) is 14.4. The molecule has 0 saturated carbocycles. The van der Waals surface area contributed by atoms with E-state index in [4.69, 9.17) is 5.11 Å². The molecule has 100 valence electrons. The molecule has 2 amide bonds. The minimum Gasteiger partial charge on any atom is -0.396 e. The molecule has 0 radical (unpaired) electrons. The Morgan fingerprint density at radius 1 is 1.56 bits per heavy atom. The molecule has 0 aliphatic heterocycles. The summed E-state index contributed by atoms with van der Waals surface area (Å²) in [6.07, 6.45) is 5.78. The fourth-order valence-corrected chi connectivity index (χ4v) is 1.61. The van der Waals surface area contributed by atoms with Gasteiger partial charge in [0.2, 0.25) is 0 Å². The normalized spacial score (nSPS) is 11.9. The number of carbonyl (C=O) groups is 1. The van der Waals surface area contributed by atoms with Gasteiger partial charge in [-0.3, -0.25) is 4.98 Å². The van der Waals surface area contributed by atoms with Crippen LogP contribution in [0.15, 0.2) is 24.5 Å². The third kappa shape index (κ3) is 6.20. The van der Waals surface area contributed by atoms with Gasteiger partial charge in [0, 0.05) is 31.6 Å². The van der Waals surface area contributed by atoms with E-state index in [0.29, 0.717) is 13.0 Å². The lowest BCUT2D eigenvalue weighted by Gasteiger charge is -2.13. The van der Waals surface area contributed by atoms with Crippen molar-refractivity contribution >= 4 is 6.03 Å². The first-order valence-corrected chi connectivity index (χ1v) is 6.26. The molecule has 1 atom stereocenters. The molecule has 5 nitrogen and oxygen atoms in total. The maximum Gasteiger partial charge on any atom is 0.315 e. The third-order valence-corrected chi connectivity index (χ3v) is 2.59. The van der Waals surface area contributed by atoms with Gasteiger partial charge in [0.25, 0.3) is 0 Å². The number of nitrogens with zero attached hydrogens (tertiary/aromatic N) is 1. The summed E-state index contributed by atoms with van der Waals surface area (Å²) in [5.41, 5.74) is 1.10. The number of carbonyl (C=O) groups excluding carboxylic acids is 1. The number of hydrogen-bond donors (Lipinski definition) is 3. The number of urea groups is 1. The maximum absolute atomic E-state index is 11.5. The lowest BCUT2D eigenvalue weighted by molar-refractivity contribution is 0.234. The molecule has 0 aromatic carbocycles. The number of aromatic nitrogens is 1. The van der Waals surface area contributed by atoms with Crippen molar-refractivity contribution in [2.45, 2.75) is 32.2 Å². The van der Waals surface area contributed by atoms with E-state index in [1.165, 1.54) is 0 Å². The first-order chi connectivity index (χ1) is 8.72. The Morgan fingerprint density at radius 2 is 2.39 bits per heavy atom. The van der Waals surface area contributed by atoms with Crippen LogP contribution in [0.3, 0.4) is 0 Å². The van der Waals surface area contributed by atoms with Crippen molar-refractivity contribution < 1.29 is 9.90 Å². The Balaban J connectivity index is 2.13.